The number of hydrogen-bond donors (Lipinski definition) is 2. The third-order valence-corrected chi connectivity index (χ3v) is 21.4. The van der Waals surface area contributed by atoms with E-state index in [1.54, 1.807) is 0 Å². The number of aromatic nitrogens is 4. The van der Waals surface area contributed by atoms with Crippen molar-refractivity contribution in [1.82, 2.24) is 28.9 Å². The zero-order valence-corrected chi connectivity index (χ0v) is 57.5. The van der Waals surface area contributed by atoms with Crippen LogP contribution in [0, 0.1) is 5.92 Å². The van der Waals surface area contributed by atoms with Gasteiger partial charge in [0.15, 0.2) is 5.84 Å². The van der Waals surface area contributed by atoms with Gasteiger partial charge in [0.1, 0.15) is 23.7 Å². The van der Waals surface area contributed by atoms with Crippen LogP contribution in [0.2, 0.25) is 0 Å². The van der Waals surface area contributed by atoms with E-state index in [0.717, 1.165) is 152 Å². The summed E-state index contributed by atoms with van der Waals surface area (Å²) in [6, 6.07) is 122. The van der Waals surface area contributed by atoms with Gasteiger partial charge in [-0.1, -0.05) is 255 Å². The standard InChI is InChI=1S/C95H65N11/c1-5-23-60(24-6-1)61-43-45-64(46-44-61)92-100-93(102-95(101-92)106-85-42-20-16-38-76(85)80-56-78-73-35-13-17-39-82(73)103(87(78)58-89(80)106)70-32-11-4-12-33-70)68-31-21-29-66(53-68)67-30-22-34-72(54-67)105-84-41-19-15-37-75(84)79-55-77-74-36-14-18-40-83(74)104(86(77)57-88(79)105)71-50-47-65(48-51-71)91-97-90(63-27-9-3-10-28-63)98-94(99-91)69-49-52-81(96-59-69)62-25-7-2-8-26-62/h1-48,50-59,69,91,95H,49H2,(H,97,98,99)(H,100,101,102). The van der Waals surface area contributed by atoms with Crippen LogP contribution in [0.5, 0.6) is 0 Å². The third-order valence-electron chi connectivity index (χ3n) is 21.4. The number of fused-ring (bicyclic) bond motifs is 12. The van der Waals surface area contributed by atoms with Gasteiger partial charge in [0, 0.05) is 83.1 Å². The van der Waals surface area contributed by atoms with Crippen molar-refractivity contribution in [3.63, 3.8) is 0 Å². The van der Waals surface area contributed by atoms with Gasteiger partial charge in [-0.2, -0.15) is 0 Å². The van der Waals surface area contributed by atoms with Gasteiger partial charge >= 0.3 is 0 Å². The van der Waals surface area contributed by atoms with Gasteiger partial charge < -0.3 is 28.9 Å². The van der Waals surface area contributed by atoms with Gasteiger partial charge in [-0.3, -0.25) is 4.99 Å². The van der Waals surface area contributed by atoms with E-state index in [2.05, 4.69) is 363 Å². The first-order valence-electron chi connectivity index (χ1n) is 36.2. The highest BCUT2D eigenvalue weighted by Crippen LogP contribution is 2.44. The SMILES string of the molecule is C1=NC(c2ccccc2)=CCC1C1=NC(c2ccc(-n3c4ccccc4c4cc5c6ccccc6n(-c6cccc(-c7cccc(C8=NC(n9c%10ccccc%10c%10cc%11c%12ccccc%12n(-c%12ccccc%12)c%11cc%109)NC(c9ccc(-c%10ccccc%10)cc9)=N8)c7)c6)c5cc43)cc2)NC(c2ccccc2)=N1. The van der Waals surface area contributed by atoms with Crippen LogP contribution in [0.1, 0.15) is 46.7 Å². The molecule has 500 valence electrons. The van der Waals surface area contributed by atoms with E-state index in [9.17, 15) is 0 Å². The molecule has 0 amide bonds. The lowest BCUT2D eigenvalue weighted by atomic mass is 9.99. The zero-order chi connectivity index (χ0) is 69.8. The van der Waals surface area contributed by atoms with Crippen molar-refractivity contribution >= 4 is 122 Å². The molecule has 0 aliphatic carbocycles. The molecule has 3 aliphatic rings. The second kappa shape index (κ2) is 24.9. The second-order valence-electron chi connectivity index (χ2n) is 27.6. The fraction of sp³-hybridized carbons (Fsp3) is 0.0421. The minimum atomic E-state index is -0.584. The van der Waals surface area contributed by atoms with E-state index in [1.807, 2.05) is 18.3 Å². The third kappa shape index (κ3) is 10.2. The van der Waals surface area contributed by atoms with E-state index in [0.29, 0.717) is 5.84 Å². The van der Waals surface area contributed by atoms with Crippen LogP contribution in [0.15, 0.2) is 371 Å². The minimum Gasteiger partial charge on any atom is -0.344 e. The molecule has 11 heteroatoms. The normalized spacial score (nSPS) is 16.0. The molecular formula is C95H65N11. The first-order chi connectivity index (χ1) is 52.5. The summed E-state index contributed by atoms with van der Waals surface area (Å²) in [5.74, 6) is 2.85. The molecule has 0 saturated carbocycles. The van der Waals surface area contributed by atoms with Crippen LogP contribution < -0.4 is 10.6 Å². The maximum Gasteiger partial charge on any atom is 0.204 e. The number of allylic oxidation sites excluding steroid dienone is 1. The van der Waals surface area contributed by atoms with Gasteiger partial charge in [0.2, 0.25) is 6.29 Å². The number of nitrogens with zero attached hydrogens (tertiary/aromatic N) is 9. The molecule has 7 heterocycles. The number of para-hydroxylation sites is 5. The number of aliphatic imine (C=N–C) groups is 5. The van der Waals surface area contributed by atoms with Gasteiger partial charge in [-0.25, -0.2) is 20.0 Å². The summed E-state index contributed by atoms with van der Waals surface area (Å²) in [7, 11) is 0. The molecular weight excluding hydrogens is 1300 g/mol. The van der Waals surface area contributed by atoms with Crippen molar-refractivity contribution in [2.45, 2.75) is 18.9 Å². The summed E-state index contributed by atoms with van der Waals surface area (Å²) < 4.78 is 9.62. The highest BCUT2D eigenvalue weighted by molar-refractivity contribution is 6.22. The molecule has 14 aromatic carbocycles. The van der Waals surface area contributed by atoms with Crippen molar-refractivity contribution in [3.8, 4) is 39.3 Å². The number of benzene rings is 14. The number of nitrogens with one attached hydrogen (secondary N) is 2. The maximum absolute atomic E-state index is 5.69. The van der Waals surface area contributed by atoms with Crippen LogP contribution in [0.4, 0.5) is 0 Å². The Morgan fingerprint density at radius 2 is 0.736 bits per heavy atom. The van der Waals surface area contributed by atoms with E-state index >= 15 is 0 Å². The molecule has 0 bridgehead atoms. The topological polar surface area (TPSA) is 106 Å². The van der Waals surface area contributed by atoms with Crippen LogP contribution in [0.3, 0.4) is 0 Å². The van der Waals surface area contributed by atoms with Gasteiger partial charge in [0.05, 0.1) is 55.7 Å². The average Bonchev–Trinajstić information content (AvgIpc) is 1.56. The highest BCUT2D eigenvalue weighted by atomic mass is 15.3. The smallest absolute Gasteiger partial charge is 0.204 e. The van der Waals surface area contributed by atoms with Crippen molar-refractivity contribution < 1.29 is 0 Å². The fourth-order valence-corrected chi connectivity index (χ4v) is 16.4. The predicted octanol–water partition coefficient (Wildman–Crippen LogP) is 22.0. The molecule has 11 nitrogen and oxygen atoms in total. The Hall–Kier alpha value is -14.0. The van der Waals surface area contributed by atoms with Crippen molar-refractivity contribution in [2.75, 3.05) is 0 Å². The predicted molar refractivity (Wildman–Crippen MR) is 439 cm³/mol. The molecule has 0 spiro atoms. The Bertz CT molecular complexity index is 6770. The molecule has 0 fully saturated rings. The van der Waals surface area contributed by atoms with Gasteiger partial charge in [-0.15, -0.1) is 0 Å². The molecule has 4 aromatic heterocycles. The lowest BCUT2D eigenvalue weighted by Crippen LogP contribution is -2.36. The monoisotopic (exact) mass is 1360 g/mol. The molecule has 3 atom stereocenters. The first kappa shape index (κ1) is 60.7. The largest absolute Gasteiger partial charge is 0.344 e. The van der Waals surface area contributed by atoms with Crippen molar-refractivity contribution in [1.29, 1.82) is 0 Å². The van der Waals surface area contributed by atoms with Gasteiger partial charge in [-0.05, 0) is 131 Å². The zero-order valence-electron chi connectivity index (χ0n) is 57.5. The summed E-state index contributed by atoms with van der Waals surface area (Å²) in [6.07, 6.45) is 4.02. The van der Waals surface area contributed by atoms with Crippen molar-refractivity contribution in [2.24, 2.45) is 30.9 Å². The average molecular weight is 1360 g/mol. The number of rotatable bonds is 12. The Balaban J connectivity index is 0.663. The van der Waals surface area contributed by atoms with Crippen LogP contribution in [0.25, 0.3) is 132 Å². The summed E-state index contributed by atoms with van der Waals surface area (Å²) in [5, 5.41) is 17.1. The molecule has 106 heavy (non-hydrogen) atoms. The quantitative estimate of drug-likeness (QED) is 0.127. The van der Waals surface area contributed by atoms with E-state index in [-0.39, 0.29) is 12.1 Å². The van der Waals surface area contributed by atoms with Crippen molar-refractivity contribution in [3.05, 3.63) is 374 Å². The molecule has 0 radical (unpaired) electrons. The highest BCUT2D eigenvalue weighted by Gasteiger charge is 2.29. The summed E-state index contributed by atoms with van der Waals surface area (Å²) in [5.41, 5.74) is 22.5. The molecule has 0 saturated heterocycles. The van der Waals surface area contributed by atoms with E-state index in [1.165, 1.54) is 32.3 Å². The van der Waals surface area contributed by atoms with E-state index < -0.39 is 6.29 Å². The molecule has 18 aromatic rings. The minimum absolute atomic E-state index is 0.0715. The first-order valence-corrected chi connectivity index (χ1v) is 36.2. The molecule has 21 rings (SSSR count). The van der Waals surface area contributed by atoms with Crippen LogP contribution in [-0.4, -0.2) is 47.8 Å². The molecule has 3 aliphatic heterocycles. The fourth-order valence-electron chi connectivity index (χ4n) is 16.4. The maximum atomic E-state index is 5.69. The Morgan fingerprint density at radius 1 is 0.292 bits per heavy atom. The summed E-state index contributed by atoms with van der Waals surface area (Å²) in [6.45, 7) is 0. The molecule has 2 N–H and O–H groups in total. The summed E-state index contributed by atoms with van der Waals surface area (Å²) in [4.78, 5) is 26.6. The molecule has 3 unspecified atom stereocenters. The Morgan fingerprint density at radius 3 is 1.35 bits per heavy atom. The van der Waals surface area contributed by atoms with Gasteiger partial charge in [0.25, 0.3) is 0 Å². The van der Waals surface area contributed by atoms with Crippen LogP contribution >= 0.6 is 0 Å². The number of hydrogen-bond acceptors (Lipinski definition) is 7. The second-order valence-corrected chi connectivity index (χ2v) is 27.6. The van der Waals surface area contributed by atoms with E-state index in [4.69, 9.17) is 25.0 Å². The number of amidine groups is 4. The Labute approximate surface area is 610 Å². The summed E-state index contributed by atoms with van der Waals surface area (Å²) >= 11 is 0. The Kier molecular flexibility index (Phi) is 14.3. The van der Waals surface area contributed by atoms with Crippen LogP contribution in [-0.2, 0) is 0 Å². The lowest BCUT2D eigenvalue weighted by molar-refractivity contribution is 0.516. The lowest BCUT2D eigenvalue weighted by Gasteiger charge is -2.26.